The predicted molar refractivity (Wildman–Crippen MR) is 32.7 cm³/mol. The molecule has 0 aromatic heterocycles. The Balaban J connectivity index is 2.12. The summed E-state index contributed by atoms with van der Waals surface area (Å²) >= 11 is 0. The fraction of sp³-hybridized carbons (Fsp3) is 0.167. The minimum absolute atomic E-state index is 0.490. The van der Waals surface area contributed by atoms with Gasteiger partial charge in [0.05, 0.1) is 6.61 Å². The zero-order chi connectivity index (χ0) is 6.81. The van der Waals surface area contributed by atoms with E-state index in [9.17, 15) is 0 Å². The van der Waals surface area contributed by atoms with Gasteiger partial charge in [-0.1, -0.05) is 0 Å². The van der Waals surface area contributed by atoms with Gasteiger partial charge in [-0.15, -0.1) is 0 Å². The molecule has 0 bridgehead atoms. The van der Waals surface area contributed by atoms with Crippen LogP contribution < -0.4 is 10.8 Å². The Morgan fingerprint density at radius 1 is 1.60 bits per heavy atom. The minimum Gasteiger partial charge on any atom is -0.447 e. The molecule has 0 aliphatic carbocycles. The normalized spacial score (nSPS) is 30.4. The van der Waals surface area contributed by atoms with Gasteiger partial charge in [-0.05, 0) is 0 Å². The molecule has 0 aromatic rings. The lowest BCUT2D eigenvalue weighted by atomic mass is 10.3. The van der Waals surface area contributed by atoms with Crippen molar-refractivity contribution >= 4 is 0 Å². The number of hydrogen-bond acceptors (Lipinski definition) is 4. The van der Waals surface area contributed by atoms with E-state index >= 15 is 0 Å². The summed E-state index contributed by atoms with van der Waals surface area (Å²) in [6.07, 6.45) is 3.28. The molecule has 2 radical (unpaired) electrons. The van der Waals surface area contributed by atoms with Crippen LogP contribution in [0.15, 0.2) is 23.9 Å². The Kier molecular flexibility index (Phi) is 1.34. The second-order valence-corrected chi connectivity index (χ2v) is 1.89. The van der Waals surface area contributed by atoms with Gasteiger partial charge >= 0.3 is 0 Å². The van der Waals surface area contributed by atoms with Gasteiger partial charge in [0.15, 0.2) is 5.88 Å². The summed E-state index contributed by atoms with van der Waals surface area (Å²) in [7, 11) is 0. The van der Waals surface area contributed by atoms with Gasteiger partial charge in [-0.2, -0.15) is 5.48 Å². The minimum atomic E-state index is 0.490. The highest BCUT2D eigenvalue weighted by Crippen LogP contribution is 2.13. The van der Waals surface area contributed by atoms with Crippen LogP contribution in [0.1, 0.15) is 0 Å². The lowest BCUT2D eigenvalue weighted by Gasteiger charge is -1.99. The third-order valence-corrected chi connectivity index (χ3v) is 1.23. The first-order chi connectivity index (χ1) is 4.97. The van der Waals surface area contributed by atoms with Crippen molar-refractivity contribution < 1.29 is 9.57 Å². The second kappa shape index (κ2) is 2.32. The topological polar surface area (TPSA) is 42.5 Å². The lowest BCUT2D eigenvalue weighted by molar-refractivity contribution is 0.115. The molecular formula is C6H6N2O2. The van der Waals surface area contributed by atoms with Crippen LogP contribution in [0.4, 0.5) is 0 Å². The summed E-state index contributed by atoms with van der Waals surface area (Å²) in [4.78, 5) is 4.80. The average Bonchev–Trinajstić information content (AvgIpc) is 2.59. The van der Waals surface area contributed by atoms with E-state index in [0.29, 0.717) is 12.5 Å². The average molecular weight is 138 g/mol. The van der Waals surface area contributed by atoms with Crippen molar-refractivity contribution in [2.75, 3.05) is 6.61 Å². The number of hydrogen-bond donors (Lipinski definition) is 2. The molecule has 2 aliphatic rings. The van der Waals surface area contributed by atoms with Crippen LogP contribution in [0.25, 0.3) is 0 Å². The van der Waals surface area contributed by atoms with E-state index in [1.54, 1.807) is 12.5 Å². The Bertz CT molecular complexity index is 180. The van der Waals surface area contributed by atoms with E-state index in [0.717, 1.165) is 5.57 Å². The van der Waals surface area contributed by atoms with E-state index in [4.69, 9.17) is 9.57 Å². The summed E-state index contributed by atoms with van der Waals surface area (Å²) in [6, 6.07) is 0. The standard InChI is InChI=1S/C6H6N2O2/c1-2-9-6(7-1)5-3-8-10-4-5/h1-2,7-8H,4H2. The molecule has 2 heterocycles. The fourth-order valence-electron chi connectivity index (χ4n) is 0.768. The number of ether oxygens (including phenoxy) is 1. The van der Waals surface area contributed by atoms with Crippen LogP contribution in [0.2, 0.25) is 0 Å². The van der Waals surface area contributed by atoms with Gasteiger partial charge in [0.1, 0.15) is 12.8 Å². The molecule has 0 amide bonds. The van der Waals surface area contributed by atoms with Gasteiger partial charge in [0.25, 0.3) is 0 Å². The summed E-state index contributed by atoms with van der Waals surface area (Å²) in [6.45, 7) is 3.27. The summed E-state index contributed by atoms with van der Waals surface area (Å²) in [5.74, 6) is 0.685. The van der Waals surface area contributed by atoms with Crippen LogP contribution in [0, 0.1) is 6.54 Å². The quantitative estimate of drug-likeness (QED) is 0.489. The maximum absolute atomic E-state index is 5.04. The Labute approximate surface area is 58.5 Å². The van der Waals surface area contributed by atoms with Crippen molar-refractivity contribution in [3.05, 3.63) is 30.5 Å². The van der Waals surface area contributed by atoms with E-state index in [1.807, 2.05) is 0 Å². The van der Waals surface area contributed by atoms with Crippen molar-refractivity contribution in [3.8, 4) is 0 Å². The lowest BCUT2D eigenvalue weighted by Crippen LogP contribution is -2.04. The SMILES string of the molecule is [C]1NOCC1=C1NC=CO1. The molecule has 0 spiro atoms. The summed E-state index contributed by atoms with van der Waals surface area (Å²) in [5.41, 5.74) is 3.36. The molecule has 52 valence electrons. The van der Waals surface area contributed by atoms with E-state index in [2.05, 4.69) is 17.3 Å². The molecule has 2 rings (SSSR count). The zero-order valence-corrected chi connectivity index (χ0v) is 5.18. The zero-order valence-electron chi connectivity index (χ0n) is 5.18. The number of rotatable bonds is 0. The molecule has 0 aromatic carbocycles. The molecule has 1 saturated heterocycles. The second-order valence-electron chi connectivity index (χ2n) is 1.89. The molecule has 0 unspecified atom stereocenters. The Morgan fingerprint density at radius 3 is 3.20 bits per heavy atom. The fourth-order valence-corrected chi connectivity index (χ4v) is 0.768. The maximum atomic E-state index is 5.04. The van der Waals surface area contributed by atoms with Gasteiger partial charge in [0, 0.05) is 11.8 Å². The van der Waals surface area contributed by atoms with Gasteiger partial charge in [0.2, 0.25) is 0 Å². The molecule has 4 nitrogen and oxygen atoms in total. The molecule has 2 N–H and O–H groups in total. The first kappa shape index (κ1) is 5.76. The van der Waals surface area contributed by atoms with Crippen molar-refractivity contribution in [3.63, 3.8) is 0 Å². The van der Waals surface area contributed by atoms with Gasteiger partial charge in [-0.25, -0.2) is 0 Å². The maximum Gasteiger partial charge on any atom is 0.200 e. The molecule has 0 atom stereocenters. The van der Waals surface area contributed by atoms with Gasteiger partial charge < -0.3 is 10.1 Å². The highest BCUT2D eigenvalue weighted by Gasteiger charge is 2.16. The van der Waals surface area contributed by atoms with Crippen molar-refractivity contribution in [2.24, 2.45) is 0 Å². The largest absolute Gasteiger partial charge is 0.447 e. The van der Waals surface area contributed by atoms with E-state index in [-0.39, 0.29) is 0 Å². The first-order valence-electron chi connectivity index (χ1n) is 2.91. The molecule has 1 fully saturated rings. The molecule has 10 heavy (non-hydrogen) atoms. The third-order valence-electron chi connectivity index (χ3n) is 1.23. The molecule has 4 heteroatoms. The van der Waals surface area contributed by atoms with Crippen molar-refractivity contribution in [1.82, 2.24) is 10.8 Å². The molecule has 0 saturated carbocycles. The summed E-state index contributed by atoms with van der Waals surface area (Å²) < 4.78 is 5.04. The first-order valence-corrected chi connectivity index (χ1v) is 2.91. The number of nitrogens with one attached hydrogen (secondary N) is 2. The smallest absolute Gasteiger partial charge is 0.200 e. The Hall–Kier alpha value is -1.00. The third kappa shape index (κ3) is 0.872. The van der Waals surface area contributed by atoms with Crippen LogP contribution >= 0.6 is 0 Å². The van der Waals surface area contributed by atoms with E-state index in [1.165, 1.54) is 0 Å². The molecular weight excluding hydrogens is 132 g/mol. The van der Waals surface area contributed by atoms with Crippen molar-refractivity contribution in [2.45, 2.75) is 0 Å². The van der Waals surface area contributed by atoms with Gasteiger partial charge in [-0.3, -0.25) is 4.84 Å². The van der Waals surface area contributed by atoms with Crippen LogP contribution in [-0.4, -0.2) is 6.61 Å². The van der Waals surface area contributed by atoms with Crippen molar-refractivity contribution in [1.29, 1.82) is 0 Å². The molecule has 2 aliphatic heterocycles. The highest BCUT2D eigenvalue weighted by atomic mass is 16.7. The van der Waals surface area contributed by atoms with E-state index < -0.39 is 0 Å². The van der Waals surface area contributed by atoms with Crippen LogP contribution in [0.3, 0.4) is 0 Å². The highest BCUT2D eigenvalue weighted by molar-refractivity contribution is 5.21. The monoisotopic (exact) mass is 138 g/mol. The van der Waals surface area contributed by atoms with Crippen LogP contribution in [-0.2, 0) is 9.57 Å². The predicted octanol–water partition coefficient (Wildman–Crippen LogP) is -0.137. The number of hydroxylamine groups is 1. The summed E-state index contributed by atoms with van der Waals surface area (Å²) in [5, 5.41) is 2.89. The van der Waals surface area contributed by atoms with Crippen LogP contribution in [0.5, 0.6) is 0 Å². The Morgan fingerprint density at radius 2 is 2.60 bits per heavy atom.